The van der Waals surface area contributed by atoms with Crippen molar-refractivity contribution in [3.8, 4) is 11.1 Å². The monoisotopic (exact) mass is 464 g/mol. The van der Waals surface area contributed by atoms with Crippen molar-refractivity contribution in [2.45, 2.75) is 32.3 Å². The zero-order valence-electron chi connectivity index (χ0n) is 18.6. The molecule has 1 amide bonds. The van der Waals surface area contributed by atoms with Crippen molar-refractivity contribution in [2.75, 3.05) is 18.5 Å². The maximum atomic E-state index is 12.9. The first-order valence-electron chi connectivity index (χ1n) is 11.1. The maximum Gasteiger partial charge on any atom is 0.224 e. The summed E-state index contributed by atoms with van der Waals surface area (Å²) in [6.07, 6.45) is 3.17. The molecule has 33 heavy (non-hydrogen) atoms. The highest BCUT2D eigenvalue weighted by Gasteiger charge is 2.05. The van der Waals surface area contributed by atoms with Crippen molar-refractivity contribution in [1.82, 2.24) is 5.32 Å². The average Bonchev–Trinajstić information content (AvgIpc) is 2.83. The minimum atomic E-state index is -0.259. The molecule has 4 nitrogen and oxygen atoms in total. The molecule has 0 heterocycles. The van der Waals surface area contributed by atoms with Gasteiger partial charge in [0.1, 0.15) is 10.8 Å². The number of carbonyl (C=O) groups is 1. The number of hydrogen-bond donors (Lipinski definition) is 2. The molecule has 3 aromatic carbocycles. The summed E-state index contributed by atoms with van der Waals surface area (Å²) in [5.74, 6) is -0.233. The predicted molar refractivity (Wildman–Crippen MR) is 136 cm³/mol. The van der Waals surface area contributed by atoms with E-state index in [1.54, 1.807) is 12.1 Å². The van der Waals surface area contributed by atoms with Crippen LogP contribution >= 0.6 is 12.2 Å². The number of rotatable bonds is 12. The highest BCUT2D eigenvalue weighted by molar-refractivity contribution is 7.80. The summed E-state index contributed by atoms with van der Waals surface area (Å²) < 4.78 is 18.4. The van der Waals surface area contributed by atoms with Crippen molar-refractivity contribution in [1.29, 1.82) is 0 Å². The van der Waals surface area contributed by atoms with Gasteiger partial charge in [-0.25, -0.2) is 4.39 Å². The van der Waals surface area contributed by atoms with Crippen LogP contribution in [0.4, 0.5) is 10.1 Å². The van der Waals surface area contributed by atoms with E-state index in [-0.39, 0.29) is 11.7 Å². The quantitative estimate of drug-likeness (QED) is 0.250. The van der Waals surface area contributed by atoms with Gasteiger partial charge in [0.2, 0.25) is 5.91 Å². The summed E-state index contributed by atoms with van der Waals surface area (Å²) >= 11 is 5.27. The summed E-state index contributed by atoms with van der Waals surface area (Å²) in [6, 6.07) is 24.2. The summed E-state index contributed by atoms with van der Waals surface area (Å²) in [4.78, 5) is 12.9. The van der Waals surface area contributed by atoms with Crippen LogP contribution < -0.4 is 10.6 Å². The largest absolute Gasteiger partial charge is 0.378 e. The molecule has 6 heteroatoms. The third-order valence-electron chi connectivity index (χ3n) is 5.07. The molecule has 3 rings (SSSR count). The van der Waals surface area contributed by atoms with Gasteiger partial charge in [-0.2, -0.15) is 0 Å². The number of nitrogens with one attached hydrogen (secondary N) is 2. The first kappa shape index (κ1) is 24.6. The van der Waals surface area contributed by atoms with Crippen molar-refractivity contribution in [2.24, 2.45) is 0 Å². The van der Waals surface area contributed by atoms with Crippen LogP contribution in [0.3, 0.4) is 0 Å². The van der Waals surface area contributed by atoms with Gasteiger partial charge < -0.3 is 15.4 Å². The molecule has 172 valence electrons. The smallest absolute Gasteiger partial charge is 0.224 e. The number of anilines is 1. The summed E-state index contributed by atoms with van der Waals surface area (Å²) in [6.45, 7) is 1.47. The Morgan fingerprint density at radius 1 is 0.879 bits per heavy atom. The molecule has 0 saturated carbocycles. The molecule has 0 fully saturated rings. The number of amides is 1. The topological polar surface area (TPSA) is 50.4 Å². The Balaban J connectivity index is 1.25. The van der Waals surface area contributed by atoms with Crippen LogP contribution in [0.2, 0.25) is 0 Å². The van der Waals surface area contributed by atoms with Crippen LogP contribution in [-0.4, -0.2) is 24.0 Å². The lowest BCUT2D eigenvalue weighted by molar-refractivity contribution is -0.116. The molecule has 0 atom stereocenters. The number of thiocarbonyl (C=S) groups is 1. The second kappa shape index (κ2) is 13.5. The fourth-order valence-corrected chi connectivity index (χ4v) is 3.52. The third-order valence-corrected chi connectivity index (χ3v) is 5.33. The average molecular weight is 465 g/mol. The van der Waals surface area contributed by atoms with E-state index < -0.39 is 0 Å². The second-order valence-corrected chi connectivity index (χ2v) is 8.27. The van der Waals surface area contributed by atoms with Gasteiger partial charge >= 0.3 is 0 Å². The van der Waals surface area contributed by atoms with Crippen molar-refractivity contribution in [3.63, 3.8) is 0 Å². The van der Waals surface area contributed by atoms with Gasteiger partial charge in [0.05, 0.1) is 13.2 Å². The van der Waals surface area contributed by atoms with E-state index in [4.69, 9.17) is 17.0 Å². The Labute approximate surface area is 200 Å². The van der Waals surface area contributed by atoms with E-state index in [9.17, 15) is 9.18 Å². The molecular weight excluding hydrogens is 435 g/mol. The minimum absolute atomic E-state index is 0.0258. The molecule has 2 N–H and O–H groups in total. The van der Waals surface area contributed by atoms with Crippen LogP contribution in [0.25, 0.3) is 11.1 Å². The van der Waals surface area contributed by atoms with Gasteiger partial charge in [-0.15, -0.1) is 0 Å². The summed E-state index contributed by atoms with van der Waals surface area (Å²) in [5.41, 5.74) is 3.93. The Morgan fingerprint density at radius 3 is 2.42 bits per heavy atom. The summed E-state index contributed by atoms with van der Waals surface area (Å²) in [7, 11) is 0. The highest BCUT2D eigenvalue weighted by atomic mass is 32.1. The van der Waals surface area contributed by atoms with E-state index in [1.165, 1.54) is 12.1 Å². The molecule has 0 unspecified atom stereocenters. The zero-order chi connectivity index (χ0) is 23.3. The Bertz CT molecular complexity index is 1030. The number of halogens is 1. The highest BCUT2D eigenvalue weighted by Crippen LogP contribution is 2.22. The van der Waals surface area contributed by atoms with Gasteiger partial charge in [-0.1, -0.05) is 73.2 Å². The van der Waals surface area contributed by atoms with Gasteiger partial charge in [-0.3, -0.25) is 4.79 Å². The van der Waals surface area contributed by atoms with Gasteiger partial charge in [0, 0.05) is 18.7 Å². The summed E-state index contributed by atoms with van der Waals surface area (Å²) in [5, 5.41) is 6.16. The van der Waals surface area contributed by atoms with E-state index in [1.807, 2.05) is 42.5 Å². The van der Waals surface area contributed by atoms with Crippen molar-refractivity contribution in [3.05, 3.63) is 90.2 Å². The zero-order valence-corrected chi connectivity index (χ0v) is 19.4. The maximum absolute atomic E-state index is 12.9. The normalized spacial score (nSPS) is 10.6. The second-order valence-electron chi connectivity index (χ2n) is 7.77. The molecule has 0 saturated heterocycles. The lowest BCUT2D eigenvalue weighted by Crippen LogP contribution is -2.26. The van der Waals surface area contributed by atoms with Crippen LogP contribution in [-0.2, 0) is 16.1 Å². The minimum Gasteiger partial charge on any atom is -0.378 e. The first-order valence-corrected chi connectivity index (χ1v) is 11.6. The molecule has 0 aliphatic heterocycles. The first-order chi connectivity index (χ1) is 16.1. The van der Waals surface area contributed by atoms with Gasteiger partial charge in [0.25, 0.3) is 0 Å². The van der Waals surface area contributed by atoms with Crippen LogP contribution in [0, 0.1) is 5.82 Å². The Morgan fingerprint density at radius 2 is 1.64 bits per heavy atom. The molecule has 0 bridgehead atoms. The number of carbonyl (C=O) groups excluding carboxylic acids is 1. The third kappa shape index (κ3) is 9.12. The van der Waals surface area contributed by atoms with Gasteiger partial charge in [0.15, 0.2) is 0 Å². The fraction of sp³-hybridized carbons (Fsp3) is 0.259. The van der Waals surface area contributed by atoms with Crippen LogP contribution in [0.1, 0.15) is 31.2 Å². The SMILES string of the molecule is O=C(CCCCCNC(=S)COCc1ccc(F)cc1)Nc1cccc(-c2ccccc2)c1. The lowest BCUT2D eigenvalue weighted by Gasteiger charge is -2.09. The van der Waals surface area contributed by atoms with Crippen LogP contribution in [0.15, 0.2) is 78.9 Å². The van der Waals surface area contributed by atoms with Gasteiger partial charge in [-0.05, 0) is 53.8 Å². The fourth-order valence-electron chi connectivity index (χ4n) is 3.34. The lowest BCUT2D eigenvalue weighted by atomic mass is 10.1. The van der Waals surface area contributed by atoms with E-state index >= 15 is 0 Å². The number of hydrogen-bond acceptors (Lipinski definition) is 3. The Kier molecular flexibility index (Phi) is 10.0. The molecule has 0 aliphatic rings. The molecular formula is C27H29FN2O2S. The van der Waals surface area contributed by atoms with E-state index in [0.717, 1.165) is 48.2 Å². The Hall–Kier alpha value is -3.09. The molecule has 0 radical (unpaired) electrons. The molecule has 0 spiro atoms. The number of ether oxygens (including phenoxy) is 1. The number of benzene rings is 3. The van der Waals surface area contributed by atoms with E-state index in [2.05, 4.69) is 22.8 Å². The predicted octanol–water partition coefficient (Wildman–Crippen LogP) is 6.13. The van der Waals surface area contributed by atoms with Crippen molar-refractivity contribution >= 4 is 28.8 Å². The molecule has 0 aromatic heterocycles. The number of unbranched alkanes of at least 4 members (excludes halogenated alkanes) is 2. The standard InChI is InChI=1S/C27H29FN2O2S/c28-24-15-13-21(14-16-24)19-32-20-27(33)29-17-6-2-5-12-26(31)30-25-11-7-10-23(18-25)22-8-3-1-4-9-22/h1,3-4,7-11,13-16,18H,2,5-6,12,17,19-20H2,(H,29,33)(H,30,31). The molecule has 0 aliphatic carbocycles. The molecule has 3 aromatic rings. The van der Waals surface area contributed by atoms with E-state index in [0.29, 0.717) is 24.6 Å². The van der Waals surface area contributed by atoms with Crippen LogP contribution in [0.5, 0.6) is 0 Å². The van der Waals surface area contributed by atoms with Crippen molar-refractivity contribution < 1.29 is 13.9 Å².